The lowest BCUT2D eigenvalue weighted by Gasteiger charge is -2.17. The third-order valence-electron chi connectivity index (χ3n) is 6.80. The van der Waals surface area contributed by atoms with Gasteiger partial charge in [0.1, 0.15) is 15.8 Å². The molecular formula is C28H30N3O6S4+. The van der Waals surface area contributed by atoms with Crippen LogP contribution in [0.4, 0.5) is 0 Å². The minimum atomic E-state index is -3.99. The van der Waals surface area contributed by atoms with Crippen molar-refractivity contribution >= 4 is 83.7 Å². The SMILES string of the molecule is CCn1c(=O)/c(=C/C=C2/SCCN2CCCS(=O)(=O)O)s/c1=C/c1sc2c3ccccc3ccc2[n+]1CCC(=O)O. The summed E-state index contributed by atoms with van der Waals surface area (Å²) >= 11 is 4.63. The highest BCUT2D eigenvalue weighted by Gasteiger charge is 2.22. The average Bonchev–Trinajstić information content (AvgIpc) is 3.60. The zero-order valence-corrected chi connectivity index (χ0v) is 25.6. The first-order chi connectivity index (χ1) is 19.6. The van der Waals surface area contributed by atoms with Crippen molar-refractivity contribution in [2.45, 2.75) is 32.9 Å². The molecule has 0 spiro atoms. The summed E-state index contributed by atoms with van der Waals surface area (Å²) in [4.78, 5) is 26.8. The molecule has 4 aromatic rings. The second-order valence-corrected chi connectivity index (χ2v) is 14.3. The Morgan fingerprint density at radius 1 is 1.15 bits per heavy atom. The van der Waals surface area contributed by atoms with Crippen molar-refractivity contribution in [1.29, 1.82) is 0 Å². The summed E-state index contributed by atoms with van der Waals surface area (Å²) in [5, 5.41) is 13.5. The summed E-state index contributed by atoms with van der Waals surface area (Å²) in [6.45, 7) is 4.01. The van der Waals surface area contributed by atoms with Crippen molar-refractivity contribution in [3.8, 4) is 0 Å². The number of nitrogens with zero attached hydrogens (tertiary/aromatic N) is 3. The molecule has 1 fully saturated rings. The van der Waals surface area contributed by atoms with Gasteiger partial charge in [0, 0.05) is 36.8 Å². The van der Waals surface area contributed by atoms with Gasteiger partial charge in [-0.05, 0) is 36.9 Å². The first kappa shape index (κ1) is 29.5. The quantitative estimate of drug-likeness (QED) is 0.202. The van der Waals surface area contributed by atoms with Crippen LogP contribution in [0.2, 0.25) is 0 Å². The number of carbonyl (C=O) groups is 1. The molecule has 1 aliphatic heterocycles. The fraction of sp³-hybridized carbons (Fsp3) is 0.321. The second kappa shape index (κ2) is 12.5. The molecule has 0 radical (unpaired) electrons. The van der Waals surface area contributed by atoms with Crippen molar-refractivity contribution in [3.63, 3.8) is 0 Å². The van der Waals surface area contributed by atoms with E-state index in [0.29, 0.717) is 30.6 Å². The third-order valence-corrected chi connectivity index (χ3v) is 10.9. The molecular weight excluding hydrogens is 603 g/mol. The molecule has 9 nitrogen and oxygen atoms in total. The van der Waals surface area contributed by atoms with Crippen LogP contribution in [-0.4, -0.2) is 58.1 Å². The minimum absolute atomic E-state index is 0.0137. The van der Waals surface area contributed by atoms with Gasteiger partial charge in [0.05, 0.1) is 21.4 Å². The van der Waals surface area contributed by atoms with E-state index in [1.54, 1.807) is 27.7 Å². The van der Waals surface area contributed by atoms with Gasteiger partial charge in [-0.2, -0.15) is 13.0 Å². The molecule has 2 N–H and O–H groups in total. The zero-order valence-electron chi connectivity index (χ0n) is 22.4. The molecule has 13 heteroatoms. The standard InChI is InChI=1S/C28H29N3O6S4/c1-2-30-24(39-22(28(30)34)10-11-23-29(15-16-38-23)13-5-17-41(35,36)37)18-25-31(14-12-26(32)33)21-9-8-19-6-3-4-7-20(19)27(21)40-25/h3-4,6-11,18H,2,5,12-17H2,1H3,(H-,32,33,35,36,37)/p+1/b22-10-,23-11+. The first-order valence-corrected chi connectivity index (χ1v) is 17.4. The molecule has 0 atom stereocenters. The first-order valence-electron chi connectivity index (χ1n) is 13.2. The Morgan fingerprint density at radius 2 is 1.95 bits per heavy atom. The third kappa shape index (κ3) is 6.75. The van der Waals surface area contributed by atoms with Gasteiger partial charge in [0.15, 0.2) is 6.54 Å². The number of aliphatic carboxylic acids is 1. The minimum Gasteiger partial charge on any atom is -0.481 e. The number of rotatable bonds is 10. The van der Waals surface area contributed by atoms with Crippen LogP contribution in [-0.2, 0) is 28.0 Å². The average molecular weight is 633 g/mol. The van der Waals surface area contributed by atoms with Crippen LogP contribution < -0.4 is 19.3 Å². The molecule has 3 heterocycles. The Bertz CT molecular complexity index is 1940. The van der Waals surface area contributed by atoms with E-state index in [1.165, 1.54) is 11.3 Å². The number of fused-ring (bicyclic) bond motifs is 3. The van der Waals surface area contributed by atoms with Crippen LogP contribution in [0.15, 0.2) is 52.3 Å². The Balaban J connectivity index is 1.56. The summed E-state index contributed by atoms with van der Waals surface area (Å²) in [7, 11) is -3.99. The molecule has 0 bridgehead atoms. The molecule has 216 valence electrons. The molecule has 1 aliphatic rings. The Hall–Kier alpha value is -2.97. The number of benzene rings is 2. The van der Waals surface area contributed by atoms with Gasteiger partial charge in [-0.15, -0.1) is 23.1 Å². The number of hydrogen-bond donors (Lipinski definition) is 2. The molecule has 2 aromatic heterocycles. The lowest BCUT2D eigenvalue weighted by molar-refractivity contribution is -0.667. The largest absolute Gasteiger partial charge is 0.481 e. The van der Waals surface area contributed by atoms with Crippen molar-refractivity contribution in [2.75, 3.05) is 24.6 Å². The predicted molar refractivity (Wildman–Crippen MR) is 166 cm³/mol. The summed E-state index contributed by atoms with van der Waals surface area (Å²) in [6.07, 6.45) is 6.01. The maximum Gasteiger partial charge on any atom is 0.309 e. The van der Waals surface area contributed by atoms with Gasteiger partial charge in [-0.1, -0.05) is 35.6 Å². The van der Waals surface area contributed by atoms with Crippen LogP contribution in [0.1, 0.15) is 24.8 Å². The van der Waals surface area contributed by atoms with Crippen LogP contribution in [0.25, 0.3) is 33.1 Å². The van der Waals surface area contributed by atoms with Crippen LogP contribution in [0.3, 0.4) is 0 Å². The van der Waals surface area contributed by atoms with E-state index in [9.17, 15) is 23.1 Å². The van der Waals surface area contributed by atoms with E-state index in [-0.39, 0.29) is 17.7 Å². The van der Waals surface area contributed by atoms with E-state index in [0.717, 1.165) is 48.0 Å². The van der Waals surface area contributed by atoms with Gasteiger partial charge in [0.25, 0.3) is 20.7 Å². The zero-order chi connectivity index (χ0) is 29.1. The molecule has 0 aliphatic carbocycles. The predicted octanol–water partition coefficient (Wildman–Crippen LogP) is 2.84. The lowest BCUT2D eigenvalue weighted by atomic mass is 10.1. The van der Waals surface area contributed by atoms with Gasteiger partial charge in [-0.25, -0.2) is 0 Å². The highest BCUT2D eigenvalue weighted by molar-refractivity contribution is 8.03. The van der Waals surface area contributed by atoms with Gasteiger partial charge in [0.2, 0.25) is 5.52 Å². The molecule has 2 aromatic carbocycles. The second-order valence-electron chi connectivity index (χ2n) is 9.52. The Kier molecular flexibility index (Phi) is 9.00. The van der Waals surface area contributed by atoms with Crippen LogP contribution >= 0.6 is 34.4 Å². The normalized spacial score (nSPS) is 16.1. The molecule has 1 saturated heterocycles. The highest BCUT2D eigenvalue weighted by atomic mass is 32.2. The fourth-order valence-electron chi connectivity index (χ4n) is 4.86. The molecule has 0 saturated carbocycles. The van der Waals surface area contributed by atoms with E-state index in [1.807, 2.05) is 54.0 Å². The fourth-order valence-corrected chi connectivity index (χ4v) is 8.79. The number of allylic oxidation sites excluding steroid dienone is 1. The van der Waals surface area contributed by atoms with Gasteiger partial charge < -0.3 is 10.0 Å². The number of hydrogen-bond acceptors (Lipinski definition) is 8. The van der Waals surface area contributed by atoms with Crippen molar-refractivity contribution in [2.24, 2.45) is 0 Å². The van der Waals surface area contributed by atoms with Crippen molar-refractivity contribution in [1.82, 2.24) is 9.47 Å². The summed E-state index contributed by atoms with van der Waals surface area (Å²) in [6, 6.07) is 12.2. The van der Waals surface area contributed by atoms with Gasteiger partial charge >= 0.3 is 5.97 Å². The number of thioether (sulfide) groups is 1. The lowest BCUT2D eigenvalue weighted by Crippen LogP contribution is -2.37. The number of carboxylic acid groups (broad SMARTS) is 1. The molecule has 0 amide bonds. The van der Waals surface area contributed by atoms with Crippen LogP contribution in [0, 0.1) is 0 Å². The van der Waals surface area contributed by atoms with E-state index >= 15 is 0 Å². The van der Waals surface area contributed by atoms with Gasteiger partial charge in [-0.3, -0.25) is 18.7 Å². The Labute approximate surface area is 249 Å². The van der Waals surface area contributed by atoms with E-state index in [2.05, 4.69) is 17.0 Å². The van der Waals surface area contributed by atoms with Crippen LogP contribution in [0.5, 0.6) is 0 Å². The highest BCUT2D eigenvalue weighted by Crippen LogP contribution is 2.30. The van der Waals surface area contributed by atoms with Crippen molar-refractivity contribution < 1.29 is 27.4 Å². The number of carboxylic acids is 1. The molecule has 5 rings (SSSR count). The number of thiazole rings is 2. The van der Waals surface area contributed by atoms with Crippen molar-refractivity contribution in [3.05, 3.63) is 72.1 Å². The van der Waals surface area contributed by atoms with E-state index < -0.39 is 16.1 Å². The number of aryl methyl sites for hydroxylation is 1. The summed E-state index contributed by atoms with van der Waals surface area (Å²) < 4.78 is 37.4. The number of aromatic nitrogens is 2. The summed E-state index contributed by atoms with van der Waals surface area (Å²) in [5.41, 5.74) is 0.872. The monoisotopic (exact) mass is 632 g/mol. The molecule has 41 heavy (non-hydrogen) atoms. The Morgan fingerprint density at radius 3 is 2.71 bits per heavy atom. The smallest absolute Gasteiger partial charge is 0.309 e. The maximum atomic E-state index is 13.3. The summed E-state index contributed by atoms with van der Waals surface area (Å²) in [5.74, 6) is -0.284. The van der Waals surface area contributed by atoms with E-state index in [4.69, 9.17) is 4.55 Å². The molecule has 0 unspecified atom stereocenters. The maximum absolute atomic E-state index is 13.3. The topological polar surface area (TPSA) is 121 Å².